The highest BCUT2D eigenvalue weighted by molar-refractivity contribution is 5.30. The molecule has 0 aliphatic heterocycles. The fraction of sp³-hybridized carbons (Fsp3) is 0.312. The second kappa shape index (κ2) is 5.62. The van der Waals surface area contributed by atoms with E-state index in [0.29, 0.717) is 0 Å². The van der Waals surface area contributed by atoms with Crippen LogP contribution in [0.1, 0.15) is 28.7 Å². The Hall–Kier alpha value is -1.63. The maximum absolute atomic E-state index is 4.14. The normalized spacial score (nSPS) is 10.5. The van der Waals surface area contributed by atoms with E-state index in [4.69, 9.17) is 0 Å². The van der Waals surface area contributed by atoms with Crippen molar-refractivity contribution in [2.45, 2.75) is 33.1 Å². The highest BCUT2D eigenvalue weighted by Gasteiger charge is 1.98. The third-order valence-corrected chi connectivity index (χ3v) is 3.23. The molecule has 1 nitrogen and oxygen atoms in total. The van der Waals surface area contributed by atoms with Gasteiger partial charge in [0.2, 0.25) is 0 Å². The number of aromatic nitrogens is 1. The van der Waals surface area contributed by atoms with Crippen molar-refractivity contribution in [1.82, 2.24) is 4.98 Å². The van der Waals surface area contributed by atoms with Crippen LogP contribution in [0.25, 0.3) is 0 Å². The zero-order chi connectivity index (χ0) is 12.1. The number of benzene rings is 1. The molecule has 0 spiro atoms. The van der Waals surface area contributed by atoms with Gasteiger partial charge in [0.1, 0.15) is 0 Å². The van der Waals surface area contributed by atoms with Gasteiger partial charge in [0, 0.05) is 12.4 Å². The van der Waals surface area contributed by atoms with Crippen LogP contribution in [0.5, 0.6) is 0 Å². The first-order valence-corrected chi connectivity index (χ1v) is 6.21. The number of pyridine rings is 1. The van der Waals surface area contributed by atoms with Crippen molar-refractivity contribution in [3.8, 4) is 0 Å². The Balaban J connectivity index is 1.88. The van der Waals surface area contributed by atoms with E-state index in [9.17, 15) is 0 Å². The smallest absolute Gasteiger partial charge is 0.0299 e. The van der Waals surface area contributed by atoms with Crippen molar-refractivity contribution in [3.63, 3.8) is 0 Å². The third-order valence-electron chi connectivity index (χ3n) is 3.23. The molecule has 17 heavy (non-hydrogen) atoms. The number of hydrogen-bond acceptors (Lipinski definition) is 1. The van der Waals surface area contributed by atoms with E-state index in [1.807, 2.05) is 18.5 Å². The average molecular weight is 225 g/mol. The Morgan fingerprint density at radius 2 is 1.76 bits per heavy atom. The fourth-order valence-corrected chi connectivity index (χ4v) is 2.00. The summed E-state index contributed by atoms with van der Waals surface area (Å²) in [5.74, 6) is 0. The lowest BCUT2D eigenvalue weighted by Gasteiger charge is -2.05. The van der Waals surface area contributed by atoms with Gasteiger partial charge >= 0.3 is 0 Å². The second-order valence-corrected chi connectivity index (χ2v) is 4.63. The lowest BCUT2D eigenvalue weighted by atomic mass is 10.0. The van der Waals surface area contributed by atoms with Crippen molar-refractivity contribution in [2.24, 2.45) is 0 Å². The standard InChI is InChI=1S/C16H19N/c1-13-8-9-15(11-14(13)2)5-3-6-16-7-4-10-17-12-16/h4,7-12H,3,5-6H2,1-2H3. The van der Waals surface area contributed by atoms with Crippen LogP contribution >= 0.6 is 0 Å². The number of rotatable bonds is 4. The Kier molecular flexibility index (Phi) is 3.92. The van der Waals surface area contributed by atoms with E-state index < -0.39 is 0 Å². The molecule has 0 radical (unpaired) electrons. The van der Waals surface area contributed by atoms with Crippen molar-refractivity contribution in [1.29, 1.82) is 0 Å². The lowest BCUT2D eigenvalue weighted by Crippen LogP contribution is -1.92. The SMILES string of the molecule is Cc1ccc(CCCc2cccnc2)cc1C. The predicted octanol–water partition coefficient (Wildman–Crippen LogP) is 3.87. The minimum Gasteiger partial charge on any atom is -0.264 e. The number of hydrogen-bond donors (Lipinski definition) is 0. The van der Waals surface area contributed by atoms with Crippen molar-refractivity contribution in [3.05, 3.63) is 65.0 Å². The molecule has 0 saturated carbocycles. The van der Waals surface area contributed by atoms with Crippen LogP contribution in [0.15, 0.2) is 42.7 Å². The monoisotopic (exact) mass is 225 g/mol. The summed E-state index contributed by atoms with van der Waals surface area (Å²) in [7, 11) is 0. The Labute approximate surface area is 104 Å². The minimum atomic E-state index is 1.11. The maximum Gasteiger partial charge on any atom is 0.0299 e. The second-order valence-electron chi connectivity index (χ2n) is 4.63. The van der Waals surface area contributed by atoms with Gasteiger partial charge in [0.25, 0.3) is 0 Å². The van der Waals surface area contributed by atoms with Gasteiger partial charge in [-0.25, -0.2) is 0 Å². The van der Waals surface area contributed by atoms with Crippen LogP contribution in [0.3, 0.4) is 0 Å². The van der Waals surface area contributed by atoms with Crippen molar-refractivity contribution < 1.29 is 0 Å². The van der Waals surface area contributed by atoms with E-state index >= 15 is 0 Å². The molecule has 1 heterocycles. The van der Waals surface area contributed by atoms with Gasteiger partial charge in [0.05, 0.1) is 0 Å². The summed E-state index contributed by atoms with van der Waals surface area (Å²) >= 11 is 0. The van der Waals surface area contributed by atoms with Gasteiger partial charge in [-0.3, -0.25) is 4.98 Å². The summed E-state index contributed by atoms with van der Waals surface area (Å²) in [5.41, 5.74) is 5.54. The average Bonchev–Trinajstić information content (AvgIpc) is 2.35. The molecule has 2 aromatic rings. The van der Waals surface area contributed by atoms with Crippen LogP contribution < -0.4 is 0 Å². The molecule has 0 aliphatic rings. The molecule has 2 rings (SSSR count). The molecular formula is C16H19N. The van der Waals surface area contributed by atoms with Crippen LogP contribution in [-0.4, -0.2) is 4.98 Å². The van der Waals surface area contributed by atoms with Crippen LogP contribution in [0, 0.1) is 13.8 Å². The zero-order valence-electron chi connectivity index (χ0n) is 10.6. The van der Waals surface area contributed by atoms with Crippen molar-refractivity contribution in [2.75, 3.05) is 0 Å². The summed E-state index contributed by atoms with van der Waals surface area (Å²) in [6.45, 7) is 4.34. The Morgan fingerprint density at radius 1 is 0.941 bits per heavy atom. The Morgan fingerprint density at radius 3 is 2.47 bits per heavy atom. The molecule has 0 N–H and O–H groups in total. The van der Waals surface area contributed by atoms with E-state index in [0.717, 1.165) is 12.8 Å². The lowest BCUT2D eigenvalue weighted by molar-refractivity contribution is 0.816. The molecule has 0 aliphatic carbocycles. The number of aryl methyl sites for hydroxylation is 4. The summed E-state index contributed by atoms with van der Waals surface area (Å²) in [6, 6.07) is 10.9. The Bertz CT molecular complexity index is 474. The molecule has 1 aromatic heterocycles. The molecule has 0 saturated heterocycles. The van der Waals surface area contributed by atoms with Crippen LogP contribution in [0.2, 0.25) is 0 Å². The first-order chi connectivity index (χ1) is 8.25. The molecule has 0 amide bonds. The summed E-state index contributed by atoms with van der Waals surface area (Å²) in [6.07, 6.45) is 7.23. The molecule has 88 valence electrons. The first kappa shape index (κ1) is 11.8. The molecular weight excluding hydrogens is 206 g/mol. The van der Waals surface area contributed by atoms with Crippen LogP contribution in [-0.2, 0) is 12.8 Å². The van der Waals surface area contributed by atoms with E-state index in [1.54, 1.807) is 0 Å². The zero-order valence-corrected chi connectivity index (χ0v) is 10.6. The van der Waals surface area contributed by atoms with Crippen LogP contribution in [0.4, 0.5) is 0 Å². The first-order valence-electron chi connectivity index (χ1n) is 6.21. The fourth-order valence-electron chi connectivity index (χ4n) is 2.00. The van der Waals surface area contributed by atoms with E-state index in [1.165, 1.54) is 28.7 Å². The van der Waals surface area contributed by atoms with Gasteiger partial charge in [-0.1, -0.05) is 24.3 Å². The molecule has 1 aromatic carbocycles. The molecule has 1 heteroatoms. The number of nitrogens with zero attached hydrogens (tertiary/aromatic N) is 1. The quantitative estimate of drug-likeness (QED) is 0.769. The maximum atomic E-state index is 4.14. The summed E-state index contributed by atoms with van der Waals surface area (Å²) < 4.78 is 0. The van der Waals surface area contributed by atoms with Gasteiger partial charge in [-0.15, -0.1) is 0 Å². The van der Waals surface area contributed by atoms with Gasteiger partial charge in [-0.05, 0) is 61.4 Å². The molecule has 0 atom stereocenters. The topological polar surface area (TPSA) is 12.9 Å². The van der Waals surface area contributed by atoms with Gasteiger partial charge in [-0.2, -0.15) is 0 Å². The molecule has 0 fully saturated rings. The van der Waals surface area contributed by atoms with Gasteiger partial charge in [0.15, 0.2) is 0 Å². The molecule has 0 unspecified atom stereocenters. The molecule has 0 bridgehead atoms. The van der Waals surface area contributed by atoms with E-state index in [2.05, 4.69) is 43.1 Å². The summed E-state index contributed by atoms with van der Waals surface area (Å²) in [4.78, 5) is 4.14. The largest absolute Gasteiger partial charge is 0.264 e. The highest BCUT2D eigenvalue weighted by atomic mass is 14.6. The van der Waals surface area contributed by atoms with Crippen molar-refractivity contribution >= 4 is 0 Å². The predicted molar refractivity (Wildman–Crippen MR) is 72.2 cm³/mol. The summed E-state index contributed by atoms with van der Waals surface area (Å²) in [5, 5.41) is 0. The highest BCUT2D eigenvalue weighted by Crippen LogP contribution is 2.12. The van der Waals surface area contributed by atoms with E-state index in [-0.39, 0.29) is 0 Å². The minimum absolute atomic E-state index is 1.11. The third kappa shape index (κ3) is 3.42. The van der Waals surface area contributed by atoms with Gasteiger partial charge < -0.3 is 0 Å².